The third kappa shape index (κ3) is 6.54. The van der Waals surface area contributed by atoms with Crippen molar-refractivity contribution in [3.8, 4) is 0 Å². The molecule has 6 nitrogen and oxygen atoms in total. The van der Waals surface area contributed by atoms with Gasteiger partial charge in [0.15, 0.2) is 5.96 Å². The molecule has 2 rings (SSSR count). The number of halogens is 1. The zero-order chi connectivity index (χ0) is 19.2. The van der Waals surface area contributed by atoms with E-state index < -0.39 is 11.7 Å². The first-order chi connectivity index (χ1) is 12.3. The minimum atomic E-state index is -0.510. The molecule has 144 valence electrons. The molecule has 0 saturated carbocycles. The van der Waals surface area contributed by atoms with Crippen LogP contribution >= 0.6 is 0 Å². The van der Waals surface area contributed by atoms with Crippen LogP contribution < -0.4 is 10.6 Å². The van der Waals surface area contributed by atoms with Gasteiger partial charge < -0.3 is 20.3 Å². The van der Waals surface area contributed by atoms with Crippen molar-refractivity contribution in [2.75, 3.05) is 19.6 Å². The summed E-state index contributed by atoms with van der Waals surface area (Å²) in [5, 5.41) is 6.17. The summed E-state index contributed by atoms with van der Waals surface area (Å²) < 4.78 is 18.6. The minimum absolute atomic E-state index is 0.0166. The number of rotatable bonds is 4. The summed E-state index contributed by atoms with van der Waals surface area (Å²) in [6.45, 7) is 10.1. The number of benzene rings is 1. The predicted molar refractivity (Wildman–Crippen MR) is 101 cm³/mol. The van der Waals surface area contributed by atoms with Gasteiger partial charge in [0.05, 0.1) is 12.6 Å². The van der Waals surface area contributed by atoms with Crippen molar-refractivity contribution >= 4 is 12.1 Å². The number of carbonyl (C=O) groups is 1. The van der Waals surface area contributed by atoms with Gasteiger partial charge in [-0.2, -0.15) is 0 Å². The molecule has 1 atom stereocenters. The molecule has 2 N–H and O–H groups in total. The monoisotopic (exact) mass is 364 g/mol. The molecule has 1 aromatic carbocycles. The number of nitrogens with zero attached hydrogens (tertiary/aromatic N) is 2. The molecule has 26 heavy (non-hydrogen) atoms. The smallest absolute Gasteiger partial charge is 0.407 e. The average molecular weight is 364 g/mol. The van der Waals surface area contributed by atoms with Gasteiger partial charge >= 0.3 is 6.09 Å². The lowest BCUT2D eigenvalue weighted by Gasteiger charge is -2.23. The lowest BCUT2D eigenvalue weighted by atomic mass is 10.2. The molecule has 0 radical (unpaired) electrons. The van der Waals surface area contributed by atoms with E-state index in [0.717, 1.165) is 31.0 Å². The maximum Gasteiger partial charge on any atom is 0.407 e. The number of alkyl carbamates (subject to hydrolysis) is 1. The predicted octanol–water partition coefficient (Wildman–Crippen LogP) is 2.89. The van der Waals surface area contributed by atoms with Crippen LogP contribution in [0.15, 0.2) is 29.3 Å². The van der Waals surface area contributed by atoms with Gasteiger partial charge in [-0.05, 0) is 51.8 Å². The second-order valence-corrected chi connectivity index (χ2v) is 7.38. The van der Waals surface area contributed by atoms with Crippen LogP contribution in [-0.4, -0.2) is 48.2 Å². The molecule has 1 amide bonds. The van der Waals surface area contributed by atoms with Crippen molar-refractivity contribution in [3.05, 3.63) is 35.6 Å². The van der Waals surface area contributed by atoms with Gasteiger partial charge in [0.25, 0.3) is 0 Å². The maximum absolute atomic E-state index is 13.3. The fraction of sp³-hybridized carbons (Fsp3) is 0.579. The third-order valence-electron chi connectivity index (χ3n) is 3.84. The summed E-state index contributed by atoms with van der Waals surface area (Å²) in [4.78, 5) is 18.6. The number of guanidine groups is 1. The summed E-state index contributed by atoms with van der Waals surface area (Å²) >= 11 is 0. The van der Waals surface area contributed by atoms with Crippen molar-refractivity contribution in [1.29, 1.82) is 0 Å². The van der Waals surface area contributed by atoms with E-state index in [9.17, 15) is 9.18 Å². The normalized spacial score (nSPS) is 18.0. The highest BCUT2D eigenvalue weighted by molar-refractivity contribution is 5.80. The second-order valence-electron chi connectivity index (χ2n) is 7.38. The molecule has 1 saturated heterocycles. The van der Waals surface area contributed by atoms with E-state index in [2.05, 4.69) is 20.5 Å². The lowest BCUT2D eigenvalue weighted by Crippen LogP contribution is -2.44. The van der Waals surface area contributed by atoms with Crippen molar-refractivity contribution in [2.45, 2.75) is 52.3 Å². The Kier molecular flexibility index (Phi) is 6.83. The van der Waals surface area contributed by atoms with Gasteiger partial charge in [0.2, 0.25) is 0 Å². The van der Waals surface area contributed by atoms with Crippen molar-refractivity contribution < 1.29 is 13.9 Å². The van der Waals surface area contributed by atoms with Crippen molar-refractivity contribution in [3.63, 3.8) is 0 Å². The number of nitrogens with one attached hydrogen (secondary N) is 2. The topological polar surface area (TPSA) is 66.0 Å². The van der Waals surface area contributed by atoms with Gasteiger partial charge in [0, 0.05) is 19.6 Å². The molecule has 1 heterocycles. The number of hydrogen-bond acceptors (Lipinski definition) is 3. The average Bonchev–Trinajstić information content (AvgIpc) is 2.97. The molecule has 0 bridgehead atoms. The van der Waals surface area contributed by atoms with Gasteiger partial charge in [-0.1, -0.05) is 12.1 Å². The Bertz CT molecular complexity index is 643. The summed E-state index contributed by atoms with van der Waals surface area (Å²) in [6, 6.07) is 6.47. The Balaban J connectivity index is 1.94. The molecule has 1 aromatic rings. The van der Waals surface area contributed by atoms with Crippen LogP contribution in [0.1, 0.15) is 39.7 Å². The molecule has 0 aliphatic carbocycles. The van der Waals surface area contributed by atoms with E-state index >= 15 is 0 Å². The van der Waals surface area contributed by atoms with Gasteiger partial charge in [-0.3, -0.25) is 0 Å². The van der Waals surface area contributed by atoms with E-state index in [1.54, 1.807) is 6.07 Å². The van der Waals surface area contributed by atoms with Crippen molar-refractivity contribution in [2.24, 2.45) is 4.99 Å². The van der Waals surface area contributed by atoms with Crippen LogP contribution in [0.2, 0.25) is 0 Å². The highest BCUT2D eigenvalue weighted by Gasteiger charge is 2.27. The van der Waals surface area contributed by atoms with E-state index in [-0.39, 0.29) is 11.9 Å². The highest BCUT2D eigenvalue weighted by atomic mass is 19.1. The van der Waals surface area contributed by atoms with E-state index in [1.807, 2.05) is 33.8 Å². The van der Waals surface area contributed by atoms with Crippen molar-refractivity contribution in [1.82, 2.24) is 15.5 Å². The summed E-state index contributed by atoms with van der Waals surface area (Å²) in [7, 11) is 0. The Morgan fingerprint density at radius 1 is 1.42 bits per heavy atom. The fourth-order valence-corrected chi connectivity index (χ4v) is 2.77. The summed E-state index contributed by atoms with van der Waals surface area (Å²) in [6.07, 6.45) is 0.426. The number of hydrogen-bond donors (Lipinski definition) is 2. The highest BCUT2D eigenvalue weighted by Crippen LogP contribution is 2.13. The van der Waals surface area contributed by atoms with Crippen LogP contribution in [0.25, 0.3) is 0 Å². The first-order valence-electron chi connectivity index (χ1n) is 9.04. The number of carbonyl (C=O) groups excluding carboxylic acids is 1. The third-order valence-corrected chi connectivity index (χ3v) is 3.84. The van der Waals surface area contributed by atoms with Crippen LogP contribution in [-0.2, 0) is 11.3 Å². The SMILES string of the molecule is CCNC(=NCc1cccc(F)c1)N1CCC(NC(=O)OC(C)(C)C)C1. The number of likely N-dealkylation sites (tertiary alicyclic amines) is 1. The van der Waals surface area contributed by atoms with Crippen LogP contribution in [0, 0.1) is 5.82 Å². The van der Waals surface area contributed by atoms with Gasteiger partial charge in [0.1, 0.15) is 11.4 Å². The number of ether oxygens (including phenoxy) is 1. The van der Waals surface area contributed by atoms with Gasteiger partial charge in [-0.15, -0.1) is 0 Å². The van der Waals surface area contributed by atoms with Crippen LogP contribution in [0.3, 0.4) is 0 Å². The largest absolute Gasteiger partial charge is 0.444 e. The quantitative estimate of drug-likeness (QED) is 0.637. The number of aliphatic imine (C=N–C) groups is 1. The zero-order valence-corrected chi connectivity index (χ0v) is 16.0. The molecule has 7 heteroatoms. The Labute approximate surface area is 154 Å². The Morgan fingerprint density at radius 2 is 2.19 bits per heavy atom. The molecule has 1 aliphatic rings. The van der Waals surface area contributed by atoms with Crippen LogP contribution in [0.4, 0.5) is 9.18 Å². The Morgan fingerprint density at radius 3 is 2.85 bits per heavy atom. The minimum Gasteiger partial charge on any atom is -0.444 e. The summed E-state index contributed by atoms with van der Waals surface area (Å²) in [5.74, 6) is 0.510. The molecule has 1 unspecified atom stereocenters. The first kappa shape index (κ1) is 20.0. The molecule has 0 spiro atoms. The van der Waals surface area contributed by atoms with Crippen LogP contribution in [0.5, 0.6) is 0 Å². The molecular formula is C19H29FN4O2. The second kappa shape index (κ2) is 8.87. The fourth-order valence-electron chi connectivity index (χ4n) is 2.77. The number of amides is 1. The van der Waals surface area contributed by atoms with E-state index in [4.69, 9.17) is 4.74 Å². The molecule has 1 fully saturated rings. The molecular weight excluding hydrogens is 335 g/mol. The maximum atomic E-state index is 13.3. The summed E-state index contributed by atoms with van der Waals surface area (Å²) in [5.41, 5.74) is 0.312. The van der Waals surface area contributed by atoms with E-state index in [1.165, 1.54) is 12.1 Å². The zero-order valence-electron chi connectivity index (χ0n) is 16.0. The Hall–Kier alpha value is -2.31. The molecule has 0 aromatic heterocycles. The lowest BCUT2D eigenvalue weighted by molar-refractivity contribution is 0.0507. The van der Waals surface area contributed by atoms with Gasteiger partial charge in [-0.25, -0.2) is 14.2 Å². The first-order valence-corrected chi connectivity index (χ1v) is 9.04. The standard InChI is InChI=1S/C19H29FN4O2/c1-5-21-17(22-12-14-7-6-8-15(20)11-14)24-10-9-16(13-24)23-18(25)26-19(2,3)4/h6-8,11,16H,5,9-10,12-13H2,1-4H3,(H,21,22)(H,23,25). The molecule has 1 aliphatic heterocycles. The van der Waals surface area contributed by atoms with E-state index in [0.29, 0.717) is 13.1 Å².